The quantitative estimate of drug-likeness (QED) is 0.503. The van der Waals surface area contributed by atoms with Crippen LogP contribution in [0, 0.1) is 13.8 Å². The van der Waals surface area contributed by atoms with E-state index in [2.05, 4.69) is 21.7 Å². The van der Waals surface area contributed by atoms with Gasteiger partial charge in [0.25, 0.3) is 0 Å². The van der Waals surface area contributed by atoms with Gasteiger partial charge in [-0.3, -0.25) is 10.1 Å². The van der Waals surface area contributed by atoms with E-state index in [-0.39, 0.29) is 11.0 Å². The van der Waals surface area contributed by atoms with E-state index in [0.29, 0.717) is 5.13 Å². The molecule has 0 bridgehead atoms. The Morgan fingerprint density at radius 2 is 1.85 bits per heavy atom. The molecular formula is C20H19N3O2S2. The monoisotopic (exact) mass is 397 g/mol. The number of benzene rings is 2. The number of aryl methyl sites for hydroxylation is 2. The largest absolute Gasteiger partial charge is 0.497 e. The first-order chi connectivity index (χ1) is 13.0. The van der Waals surface area contributed by atoms with E-state index in [1.54, 1.807) is 13.2 Å². The number of rotatable bonds is 4. The number of carbonyl (C=O) groups excluding carboxylic acids is 1. The van der Waals surface area contributed by atoms with Crippen LogP contribution < -0.4 is 15.4 Å². The number of thiazole rings is 1. The van der Waals surface area contributed by atoms with Gasteiger partial charge in [-0.05, 0) is 61.0 Å². The summed E-state index contributed by atoms with van der Waals surface area (Å²) in [6.07, 6.45) is 3.14. The van der Waals surface area contributed by atoms with Crippen molar-refractivity contribution in [1.29, 1.82) is 0 Å². The Morgan fingerprint density at radius 1 is 1.15 bits per heavy atom. The fourth-order valence-electron chi connectivity index (χ4n) is 2.48. The smallest absolute Gasteiger partial charge is 0.250 e. The number of nitrogens with one attached hydrogen (secondary N) is 2. The van der Waals surface area contributed by atoms with Crippen molar-refractivity contribution < 1.29 is 9.53 Å². The highest BCUT2D eigenvalue weighted by molar-refractivity contribution is 7.80. The zero-order valence-electron chi connectivity index (χ0n) is 15.2. The molecule has 0 aliphatic carbocycles. The predicted octanol–water partition coefficient (Wildman–Crippen LogP) is 4.45. The molecule has 1 heterocycles. The second-order valence-electron chi connectivity index (χ2n) is 5.95. The zero-order chi connectivity index (χ0) is 19.4. The Bertz CT molecular complexity index is 985. The van der Waals surface area contributed by atoms with Crippen molar-refractivity contribution in [2.75, 3.05) is 12.4 Å². The molecule has 3 rings (SSSR count). The summed E-state index contributed by atoms with van der Waals surface area (Å²) in [5.41, 5.74) is 4.12. The second-order valence-corrected chi connectivity index (χ2v) is 7.35. The summed E-state index contributed by atoms with van der Waals surface area (Å²) in [5.74, 6) is 0.458. The number of thiocarbonyl (C=S) groups is 1. The minimum absolute atomic E-state index is 0.216. The third-order valence-electron chi connectivity index (χ3n) is 3.94. The number of fused-ring (bicyclic) bond motifs is 1. The van der Waals surface area contributed by atoms with Crippen LogP contribution in [0.25, 0.3) is 16.3 Å². The fraction of sp³-hybridized carbons (Fsp3) is 0.150. The minimum Gasteiger partial charge on any atom is -0.497 e. The summed E-state index contributed by atoms with van der Waals surface area (Å²) in [6.45, 7) is 4.07. The molecular weight excluding hydrogens is 378 g/mol. The van der Waals surface area contributed by atoms with Gasteiger partial charge in [-0.25, -0.2) is 4.98 Å². The number of ether oxygens (including phenoxy) is 1. The van der Waals surface area contributed by atoms with E-state index in [1.165, 1.54) is 23.0 Å². The molecule has 3 aromatic rings. The van der Waals surface area contributed by atoms with Crippen LogP contribution in [0.15, 0.2) is 42.5 Å². The topological polar surface area (TPSA) is 63.2 Å². The van der Waals surface area contributed by atoms with Crippen molar-refractivity contribution in [3.8, 4) is 5.75 Å². The molecule has 7 heteroatoms. The van der Waals surface area contributed by atoms with Gasteiger partial charge in [0.15, 0.2) is 10.2 Å². The predicted molar refractivity (Wildman–Crippen MR) is 115 cm³/mol. The first kappa shape index (κ1) is 19.0. The van der Waals surface area contributed by atoms with Gasteiger partial charge in [0, 0.05) is 6.08 Å². The second kappa shape index (κ2) is 8.28. The van der Waals surface area contributed by atoms with Gasteiger partial charge in [0.05, 0.1) is 17.3 Å². The Hall–Kier alpha value is -2.77. The number of amides is 1. The molecule has 2 N–H and O–H groups in total. The van der Waals surface area contributed by atoms with Crippen LogP contribution in [0.5, 0.6) is 5.75 Å². The fourth-order valence-corrected chi connectivity index (χ4v) is 3.76. The summed E-state index contributed by atoms with van der Waals surface area (Å²) in [6, 6.07) is 11.5. The zero-order valence-corrected chi connectivity index (χ0v) is 16.8. The maximum absolute atomic E-state index is 12.1. The lowest BCUT2D eigenvalue weighted by Crippen LogP contribution is -2.32. The van der Waals surface area contributed by atoms with E-state index in [0.717, 1.165) is 27.1 Å². The van der Waals surface area contributed by atoms with Crippen molar-refractivity contribution in [1.82, 2.24) is 10.3 Å². The maximum Gasteiger partial charge on any atom is 0.250 e. The lowest BCUT2D eigenvalue weighted by Gasteiger charge is -2.04. The third-order valence-corrected chi connectivity index (χ3v) is 5.25. The van der Waals surface area contributed by atoms with E-state index in [1.807, 2.05) is 44.2 Å². The van der Waals surface area contributed by atoms with Crippen molar-refractivity contribution in [2.45, 2.75) is 13.8 Å². The SMILES string of the molecule is COc1ccc(/C=C/C(=O)NC(=S)Nc2nc3c(C)ccc(C)c3s2)cc1. The third kappa shape index (κ3) is 4.69. The molecule has 0 spiro atoms. The summed E-state index contributed by atoms with van der Waals surface area (Å²) in [4.78, 5) is 16.6. The average molecular weight is 398 g/mol. The summed E-state index contributed by atoms with van der Waals surface area (Å²) in [5, 5.41) is 6.49. The molecule has 2 aromatic carbocycles. The average Bonchev–Trinajstić information content (AvgIpc) is 3.08. The van der Waals surface area contributed by atoms with Gasteiger partial charge in [0.2, 0.25) is 5.91 Å². The summed E-state index contributed by atoms with van der Waals surface area (Å²) in [7, 11) is 1.61. The summed E-state index contributed by atoms with van der Waals surface area (Å²) >= 11 is 6.74. The highest BCUT2D eigenvalue weighted by Gasteiger charge is 2.10. The van der Waals surface area contributed by atoms with Crippen LogP contribution in [0.2, 0.25) is 0 Å². The molecule has 1 aromatic heterocycles. The standard InChI is InChI=1S/C20H19N3O2S2/c1-12-4-5-13(2)18-17(12)22-20(27-18)23-19(26)21-16(24)11-8-14-6-9-15(25-3)10-7-14/h4-11H,1-3H3,(H2,21,22,23,24,26)/b11-8+. The van der Waals surface area contributed by atoms with Gasteiger partial charge < -0.3 is 10.1 Å². The highest BCUT2D eigenvalue weighted by atomic mass is 32.1. The number of nitrogens with zero attached hydrogens (tertiary/aromatic N) is 1. The molecule has 0 atom stereocenters. The van der Waals surface area contributed by atoms with E-state index >= 15 is 0 Å². The molecule has 5 nitrogen and oxygen atoms in total. The number of hydrogen-bond acceptors (Lipinski definition) is 5. The molecule has 0 unspecified atom stereocenters. The number of hydrogen-bond donors (Lipinski definition) is 2. The van der Waals surface area contributed by atoms with Crippen LogP contribution in [0.3, 0.4) is 0 Å². The van der Waals surface area contributed by atoms with E-state index in [9.17, 15) is 4.79 Å². The Kier molecular flexibility index (Phi) is 5.83. The number of methoxy groups -OCH3 is 1. The van der Waals surface area contributed by atoms with Crippen molar-refractivity contribution in [3.05, 3.63) is 59.2 Å². The molecule has 0 aliphatic heterocycles. The van der Waals surface area contributed by atoms with Crippen molar-refractivity contribution >= 4 is 56.0 Å². The first-order valence-electron chi connectivity index (χ1n) is 8.27. The van der Waals surface area contributed by atoms with Crippen LogP contribution >= 0.6 is 23.6 Å². The van der Waals surface area contributed by atoms with E-state index < -0.39 is 0 Å². The molecule has 138 valence electrons. The van der Waals surface area contributed by atoms with Gasteiger partial charge in [-0.2, -0.15) is 0 Å². The molecule has 0 saturated heterocycles. The minimum atomic E-state index is -0.309. The van der Waals surface area contributed by atoms with E-state index in [4.69, 9.17) is 17.0 Å². The van der Waals surface area contributed by atoms with Crippen LogP contribution in [-0.2, 0) is 4.79 Å². The Morgan fingerprint density at radius 3 is 2.52 bits per heavy atom. The summed E-state index contributed by atoms with van der Waals surface area (Å²) < 4.78 is 6.22. The molecule has 0 radical (unpaired) electrons. The van der Waals surface area contributed by atoms with Gasteiger partial charge in [-0.15, -0.1) is 0 Å². The molecule has 0 saturated carbocycles. The number of aromatic nitrogens is 1. The van der Waals surface area contributed by atoms with Crippen molar-refractivity contribution in [3.63, 3.8) is 0 Å². The van der Waals surface area contributed by atoms with Crippen LogP contribution in [-0.4, -0.2) is 23.1 Å². The molecule has 0 aliphatic rings. The van der Waals surface area contributed by atoms with Crippen molar-refractivity contribution in [2.24, 2.45) is 0 Å². The number of carbonyl (C=O) groups is 1. The normalized spacial score (nSPS) is 10.9. The molecule has 1 amide bonds. The highest BCUT2D eigenvalue weighted by Crippen LogP contribution is 2.30. The molecule has 0 fully saturated rings. The molecule has 27 heavy (non-hydrogen) atoms. The van der Waals surface area contributed by atoms with Gasteiger partial charge >= 0.3 is 0 Å². The Labute approximate surface area is 167 Å². The first-order valence-corrected chi connectivity index (χ1v) is 9.49. The maximum atomic E-state index is 12.1. The number of anilines is 1. The lowest BCUT2D eigenvalue weighted by atomic mass is 10.1. The lowest BCUT2D eigenvalue weighted by molar-refractivity contribution is -0.115. The van der Waals surface area contributed by atoms with Crippen LogP contribution in [0.1, 0.15) is 16.7 Å². The van der Waals surface area contributed by atoms with Crippen LogP contribution in [0.4, 0.5) is 5.13 Å². The Balaban J connectivity index is 1.61. The van der Waals surface area contributed by atoms with Gasteiger partial charge in [0.1, 0.15) is 5.75 Å². The van der Waals surface area contributed by atoms with Gasteiger partial charge in [-0.1, -0.05) is 35.6 Å².